The Labute approximate surface area is 155 Å². The van der Waals surface area contributed by atoms with Gasteiger partial charge in [-0.3, -0.25) is 4.79 Å². The fourth-order valence-corrected chi connectivity index (χ4v) is 3.12. The van der Waals surface area contributed by atoms with E-state index in [1.54, 1.807) is 4.90 Å². The van der Waals surface area contributed by atoms with Gasteiger partial charge in [0.1, 0.15) is 5.75 Å². The van der Waals surface area contributed by atoms with Gasteiger partial charge >= 0.3 is 0 Å². The highest BCUT2D eigenvalue weighted by Crippen LogP contribution is 2.25. The number of amides is 1. The Bertz CT molecular complexity index is 768. The third-order valence-corrected chi connectivity index (χ3v) is 4.98. The zero-order valence-electron chi connectivity index (χ0n) is 15.8. The molecule has 0 aliphatic carbocycles. The van der Waals surface area contributed by atoms with Gasteiger partial charge < -0.3 is 19.9 Å². The van der Waals surface area contributed by atoms with Crippen LogP contribution in [0.3, 0.4) is 0 Å². The van der Waals surface area contributed by atoms with Crippen LogP contribution in [0.5, 0.6) is 5.75 Å². The van der Waals surface area contributed by atoms with Gasteiger partial charge in [0.2, 0.25) is 0 Å². The Balaban J connectivity index is 1.61. The Kier molecular flexibility index (Phi) is 5.78. The number of hydrogen-bond acceptors (Lipinski definition) is 3. The molecule has 1 aliphatic rings. The highest BCUT2D eigenvalue weighted by atomic mass is 16.5. The van der Waals surface area contributed by atoms with Crippen LogP contribution < -0.4 is 19.9 Å². The summed E-state index contributed by atoms with van der Waals surface area (Å²) in [7, 11) is 2.22. The van der Waals surface area contributed by atoms with Gasteiger partial charge in [0.05, 0.1) is 44.6 Å². The van der Waals surface area contributed by atoms with Crippen molar-refractivity contribution in [2.45, 2.75) is 13.8 Å². The summed E-state index contributed by atoms with van der Waals surface area (Å²) in [6.45, 7) is 8.31. The van der Waals surface area contributed by atoms with Crippen molar-refractivity contribution in [2.24, 2.45) is 0 Å². The largest absolute Gasteiger partial charge is 0.484 e. The Morgan fingerprint density at radius 2 is 1.85 bits per heavy atom. The van der Waals surface area contributed by atoms with E-state index in [2.05, 4.69) is 30.3 Å². The predicted molar refractivity (Wildman–Crippen MR) is 105 cm³/mol. The average Bonchev–Trinajstić information content (AvgIpc) is 2.64. The van der Waals surface area contributed by atoms with Crippen molar-refractivity contribution in [1.29, 1.82) is 0 Å². The first-order chi connectivity index (χ1) is 12.5. The van der Waals surface area contributed by atoms with Crippen molar-refractivity contribution in [2.75, 3.05) is 50.1 Å². The van der Waals surface area contributed by atoms with E-state index >= 15 is 0 Å². The molecule has 1 aliphatic heterocycles. The summed E-state index contributed by atoms with van der Waals surface area (Å²) in [5, 5.41) is 3.00. The highest BCUT2D eigenvalue weighted by Gasteiger charge is 2.19. The second-order valence-corrected chi connectivity index (χ2v) is 7.04. The zero-order chi connectivity index (χ0) is 18.5. The number of aryl methyl sites for hydroxylation is 2. The predicted octanol–water partition coefficient (Wildman–Crippen LogP) is 1.66. The third kappa shape index (κ3) is 4.55. The summed E-state index contributed by atoms with van der Waals surface area (Å²) < 4.78 is 5.65. The number of carbonyl (C=O) groups excluding carboxylic acids is 1. The van der Waals surface area contributed by atoms with Crippen molar-refractivity contribution in [3.8, 4) is 5.75 Å². The number of likely N-dealkylation sites (N-methyl/N-ethyl adjacent to an activating group) is 1. The van der Waals surface area contributed by atoms with Gasteiger partial charge in [-0.15, -0.1) is 0 Å². The number of ether oxygens (including phenoxy) is 1. The summed E-state index contributed by atoms with van der Waals surface area (Å²) in [4.78, 5) is 16.3. The highest BCUT2D eigenvalue weighted by molar-refractivity contribution is 5.95. The number of nitrogens with zero attached hydrogens (tertiary/aromatic N) is 1. The molecule has 0 atom stereocenters. The first kappa shape index (κ1) is 18.3. The number of benzene rings is 2. The Morgan fingerprint density at radius 3 is 2.58 bits per heavy atom. The molecule has 0 aromatic heterocycles. The fraction of sp³-hybridized carbons (Fsp3) is 0.381. The molecule has 1 amide bonds. The molecule has 1 heterocycles. The molecule has 138 valence electrons. The molecule has 0 unspecified atom stereocenters. The van der Waals surface area contributed by atoms with E-state index < -0.39 is 0 Å². The van der Waals surface area contributed by atoms with Gasteiger partial charge in [0.15, 0.2) is 6.61 Å². The summed E-state index contributed by atoms with van der Waals surface area (Å²) in [5.74, 6) is 0.578. The van der Waals surface area contributed by atoms with Crippen LogP contribution in [0.1, 0.15) is 11.1 Å². The van der Waals surface area contributed by atoms with Crippen molar-refractivity contribution >= 4 is 17.3 Å². The minimum atomic E-state index is -0.143. The summed E-state index contributed by atoms with van der Waals surface area (Å²) in [6, 6.07) is 13.9. The van der Waals surface area contributed by atoms with Gasteiger partial charge in [-0.2, -0.15) is 0 Å². The lowest BCUT2D eigenvalue weighted by atomic mass is 10.1. The smallest absolute Gasteiger partial charge is 0.262 e. The molecule has 2 N–H and O–H groups in total. The Morgan fingerprint density at radius 1 is 1.12 bits per heavy atom. The molecule has 2 aromatic carbocycles. The second-order valence-electron chi connectivity index (χ2n) is 7.04. The minimum absolute atomic E-state index is 0.00369. The van der Waals surface area contributed by atoms with E-state index in [0.717, 1.165) is 48.9 Å². The topological polar surface area (TPSA) is 46.0 Å². The first-order valence-electron chi connectivity index (χ1n) is 9.18. The van der Waals surface area contributed by atoms with Crippen LogP contribution in [0.15, 0.2) is 42.5 Å². The van der Waals surface area contributed by atoms with E-state index in [-0.39, 0.29) is 12.5 Å². The minimum Gasteiger partial charge on any atom is -0.484 e. The van der Waals surface area contributed by atoms with Crippen LogP contribution in [-0.4, -0.2) is 45.7 Å². The number of quaternary nitrogens is 1. The molecular formula is C21H28N3O2+. The molecule has 0 radical (unpaired) electrons. The molecule has 1 fully saturated rings. The van der Waals surface area contributed by atoms with Crippen molar-refractivity contribution in [1.82, 2.24) is 0 Å². The fourth-order valence-electron chi connectivity index (χ4n) is 3.12. The Hall–Kier alpha value is -2.53. The molecule has 0 saturated carbocycles. The summed E-state index contributed by atoms with van der Waals surface area (Å²) in [6.07, 6.45) is 0. The lowest BCUT2D eigenvalue weighted by Gasteiger charge is -2.33. The van der Waals surface area contributed by atoms with Gasteiger partial charge in [-0.05, 0) is 49.2 Å². The number of anilines is 2. The third-order valence-electron chi connectivity index (χ3n) is 4.98. The lowest BCUT2D eigenvalue weighted by Crippen LogP contribution is -3.12. The standard InChI is InChI=1S/C21H27N3O2/c1-16-8-9-18(14-17(16)2)26-15-21(25)22-19-6-4-5-7-20(19)24-12-10-23(3)11-13-24/h4-9,14H,10-13,15H2,1-3H3,(H,22,25)/p+1. The van der Waals surface area contributed by atoms with Crippen molar-refractivity contribution < 1.29 is 14.4 Å². The number of hydrogen-bond donors (Lipinski definition) is 2. The van der Waals surface area contributed by atoms with E-state index in [9.17, 15) is 4.79 Å². The molecule has 1 saturated heterocycles. The van der Waals surface area contributed by atoms with Crippen LogP contribution >= 0.6 is 0 Å². The lowest BCUT2D eigenvalue weighted by molar-refractivity contribution is -0.880. The van der Waals surface area contributed by atoms with Crippen LogP contribution in [0, 0.1) is 13.8 Å². The molecule has 3 rings (SSSR count). The quantitative estimate of drug-likeness (QED) is 0.858. The molecule has 0 bridgehead atoms. The van der Waals surface area contributed by atoms with E-state index in [1.165, 1.54) is 5.56 Å². The van der Waals surface area contributed by atoms with E-state index in [1.807, 2.05) is 43.3 Å². The summed E-state index contributed by atoms with van der Waals surface area (Å²) >= 11 is 0. The first-order valence-corrected chi connectivity index (χ1v) is 9.18. The van der Waals surface area contributed by atoms with E-state index in [0.29, 0.717) is 0 Å². The number of rotatable bonds is 5. The monoisotopic (exact) mass is 354 g/mol. The molecule has 5 nitrogen and oxygen atoms in total. The van der Waals surface area contributed by atoms with Gasteiger partial charge in [-0.1, -0.05) is 18.2 Å². The maximum Gasteiger partial charge on any atom is 0.262 e. The molecule has 0 spiro atoms. The average molecular weight is 354 g/mol. The zero-order valence-corrected chi connectivity index (χ0v) is 15.8. The number of piperazine rings is 1. The molecule has 2 aromatic rings. The van der Waals surface area contributed by atoms with Crippen molar-refractivity contribution in [3.05, 3.63) is 53.6 Å². The van der Waals surface area contributed by atoms with Gasteiger partial charge in [-0.25, -0.2) is 0 Å². The number of carbonyl (C=O) groups is 1. The van der Waals surface area contributed by atoms with E-state index in [4.69, 9.17) is 4.74 Å². The van der Waals surface area contributed by atoms with Crippen LogP contribution in [0.2, 0.25) is 0 Å². The summed E-state index contributed by atoms with van der Waals surface area (Å²) in [5.41, 5.74) is 4.30. The maximum absolute atomic E-state index is 12.4. The van der Waals surface area contributed by atoms with Gasteiger partial charge in [0, 0.05) is 0 Å². The maximum atomic E-state index is 12.4. The second kappa shape index (κ2) is 8.23. The molecule has 26 heavy (non-hydrogen) atoms. The molecule has 5 heteroatoms. The molecular weight excluding hydrogens is 326 g/mol. The van der Waals surface area contributed by atoms with Crippen LogP contribution in [0.4, 0.5) is 11.4 Å². The number of para-hydroxylation sites is 2. The number of nitrogens with one attached hydrogen (secondary N) is 2. The normalized spacial score (nSPS) is 15.0. The van der Waals surface area contributed by atoms with Crippen LogP contribution in [-0.2, 0) is 4.79 Å². The van der Waals surface area contributed by atoms with Crippen LogP contribution in [0.25, 0.3) is 0 Å². The van der Waals surface area contributed by atoms with Gasteiger partial charge in [0.25, 0.3) is 5.91 Å². The van der Waals surface area contributed by atoms with Crippen molar-refractivity contribution in [3.63, 3.8) is 0 Å². The SMILES string of the molecule is Cc1ccc(OCC(=O)Nc2ccccc2N2CC[NH+](C)CC2)cc1C.